The molecule has 2 fully saturated rings. The number of hydrogen-bond donors (Lipinski definition) is 0. The molecule has 0 aromatic heterocycles. The van der Waals surface area contributed by atoms with Gasteiger partial charge in [0, 0.05) is 12.6 Å². The second kappa shape index (κ2) is 7.38. The van der Waals surface area contributed by atoms with Crippen molar-refractivity contribution >= 4 is 0 Å². The Balaban J connectivity index is 1.44. The molecule has 2 nitrogen and oxygen atoms in total. The topological polar surface area (TPSA) is 12.5 Å². The van der Waals surface area contributed by atoms with Crippen molar-refractivity contribution in [1.82, 2.24) is 5.06 Å². The maximum Gasteiger partial charge on any atom is 0.0809 e. The Morgan fingerprint density at radius 2 is 1.82 bits per heavy atom. The molecule has 0 aliphatic carbocycles. The van der Waals surface area contributed by atoms with E-state index in [2.05, 4.69) is 12.0 Å². The quantitative estimate of drug-likeness (QED) is 0.586. The summed E-state index contributed by atoms with van der Waals surface area (Å²) in [6, 6.07) is 0.768. The highest BCUT2D eigenvalue weighted by Gasteiger charge is 2.35. The third kappa shape index (κ3) is 4.26. The number of rotatable bonds is 8. The standard InChI is InChI=1S/C15H29NO/c1-2-3-4-5-6-7-8-11-15-13-14-10-9-12-16(14)17-15/h14-15H,2-13H2,1H3/t14-,15-/m0/s1. The van der Waals surface area contributed by atoms with Crippen molar-refractivity contribution in [3.8, 4) is 0 Å². The molecule has 0 aromatic rings. The van der Waals surface area contributed by atoms with Crippen LogP contribution in [0.4, 0.5) is 0 Å². The van der Waals surface area contributed by atoms with Gasteiger partial charge < -0.3 is 0 Å². The van der Waals surface area contributed by atoms with Crippen molar-refractivity contribution in [1.29, 1.82) is 0 Å². The largest absolute Gasteiger partial charge is 0.295 e. The van der Waals surface area contributed by atoms with Crippen molar-refractivity contribution < 1.29 is 4.84 Å². The Hall–Kier alpha value is -0.0800. The van der Waals surface area contributed by atoms with Crippen LogP contribution in [0.5, 0.6) is 0 Å². The van der Waals surface area contributed by atoms with Crippen molar-refractivity contribution in [2.24, 2.45) is 0 Å². The molecule has 0 bridgehead atoms. The summed E-state index contributed by atoms with van der Waals surface area (Å²) in [4.78, 5) is 5.96. The number of unbranched alkanes of at least 4 members (excludes halogenated alkanes) is 6. The summed E-state index contributed by atoms with van der Waals surface area (Å²) in [5, 5.41) is 2.26. The summed E-state index contributed by atoms with van der Waals surface area (Å²) >= 11 is 0. The van der Waals surface area contributed by atoms with Crippen molar-refractivity contribution in [2.75, 3.05) is 6.54 Å². The first kappa shape index (κ1) is 13.4. The lowest BCUT2D eigenvalue weighted by molar-refractivity contribution is -0.149. The predicted molar refractivity (Wildman–Crippen MR) is 71.8 cm³/mol. The Morgan fingerprint density at radius 1 is 1.06 bits per heavy atom. The van der Waals surface area contributed by atoms with Gasteiger partial charge in [0.25, 0.3) is 0 Å². The van der Waals surface area contributed by atoms with Crippen LogP contribution in [0.15, 0.2) is 0 Å². The van der Waals surface area contributed by atoms with Gasteiger partial charge in [-0.15, -0.1) is 0 Å². The molecular weight excluding hydrogens is 210 g/mol. The predicted octanol–water partition coefficient (Wildman–Crippen LogP) is 4.30. The molecule has 2 heteroatoms. The third-order valence-electron chi connectivity index (χ3n) is 4.27. The molecule has 2 heterocycles. The Kier molecular flexibility index (Phi) is 5.79. The summed E-state index contributed by atoms with van der Waals surface area (Å²) < 4.78 is 0. The van der Waals surface area contributed by atoms with E-state index in [-0.39, 0.29) is 0 Å². The van der Waals surface area contributed by atoms with Crippen LogP contribution in [0, 0.1) is 0 Å². The lowest BCUT2D eigenvalue weighted by Crippen LogP contribution is -2.20. The number of nitrogens with zero attached hydrogens (tertiary/aromatic N) is 1. The van der Waals surface area contributed by atoms with E-state index in [4.69, 9.17) is 4.84 Å². The van der Waals surface area contributed by atoms with Crippen molar-refractivity contribution in [2.45, 2.75) is 89.7 Å². The normalized spacial score (nSPS) is 28.8. The van der Waals surface area contributed by atoms with Crippen LogP contribution in [-0.4, -0.2) is 23.8 Å². The number of fused-ring (bicyclic) bond motifs is 1. The molecular formula is C15H29NO. The molecule has 0 spiro atoms. The number of hydroxylamine groups is 2. The van der Waals surface area contributed by atoms with Gasteiger partial charge >= 0.3 is 0 Å². The van der Waals surface area contributed by atoms with Gasteiger partial charge in [0.1, 0.15) is 0 Å². The maximum absolute atomic E-state index is 5.96. The van der Waals surface area contributed by atoms with Crippen LogP contribution >= 0.6 is 0 Å². The van der Waals surface area contributed by atoms with E-state index in [9.17, 15) is 0 Å². The SMILES string of the molecule is CCCCCCCCC[C@H]1C[C@@H]2CCCN2O1. The van der Waals surface area contributed by atoms with Gasteiger partial charge in [-0.05, 0) is 25.7 Å². The van der Waals surface area contributed by atoms with Crippen molar-refractivity contribution in [3.63, 3.8) is 0 Å². The summed E-state index contributed by atoms with van der Waals surface area (Å²) in [5.41, 5.74) is 0. The van der Waals surface area contributed by atoms with E-state index in [1.54, 1.807) is 0 Å². The van der Waals surface area contributed by atoms with E-state index in [0.29, 0.717) is 6.10 Å². The van der Waals surface area contributed by atoms with Gasteiger partial charge in [0.15, 0.2) is 0 Å². The third-order valence-corrected chi connectivity index (χ3v) is 4.27. The molecule has 17 heavy (non-hydrogen) atoms. The van der Waals surface area contributed by atoms with Crippen LogP contribution in [-0.2, 0) is 4.84 Å². The van der Waals surface area contributed by atoms with E-state index in [0.717, 1.165) is 6.04 Å². The monoisotopic (exact) mass is 239 g/mol. The maximum atomic E-state index is 5.96. The Morgan fingerprint density at radius 3 is 2.59 bits per heavy atom. The highest BCUT2D eigenvalue weighted by molar-refractivity contribution is 4.82. The second-order valence-corrected chi connectivity index (χ2v) is 5.81. The molecule has 0 saturated carbocycles. The molecule has 2 aliphatic rings. The smallest absolute Gasteiger partial charge is 0.0809 e. The zero-order valence-corrected chi connectivity index (χ0v) is 11.5. The fourth-order valence-corrected chi connectivity index (χ4v) is 3.22. The lowest BCUT2D eigenvalue weighted by Gasteiger charge is -2.13. The lowest BCUT2D eigenvalue weighted by atomic mass is 10.0. The molecule has 100 valence electrons. The molecule has 0 radical (unpaired) electrons. The van der Waals surface area contributed by atoms with Crippen LogP contribution in [0.25, 0.3) is 0 Å². The fourth-order valence-electron chi connectivity index (χ4n) is 3.22. The molecule has 0 N–H and O–H groups in total. The highest BCUT2D eigenvalue weighted by Crippen LogP contribution is 2.32. The Labute approximate surface area is 107 Å². The minimum Gasteiger partial charge on any atom is -0.295 e. The van der Waals surface area contributed by atoms with Gasteiger partial charge in [-0.25, -0.2) is 0 Å². The minimum absolute atomic E-state index is 0.552. The zero-order chi connectivity index (χ0) is 11.9. The molecule has 2 atom stereocenters. The van der Waals surface area contributed by atoms with Gasteiger partial charge in [-0.1, -0.05) is 51.9 Å². The van der Waals surface area contributed by atoms with E-state index >= 15 is 0 Å². The highest BCUT2D eigenvalue weighted by atomic mass is 16.7. The van der Waals surface area contributed by atoms with Crippen LogP contribution in [0.2, 0.25) is 0 Å². The second-order valence-electron chi connectivity index (χ2n) is 5.81. The summed E-state index contributed by atoms with van der Waals surface area (Å²) in [7, 11) is 0. The fraction of sp³-hybridized carbons (Fsp3) is 1.00. The Bertz CT molecular complexity index is 195. The van der Waals surface area contributed by atoms with Crippen LogP contribution in [0.1, 0.15) is 77.6 Å². The van der Waals surface area contributed by atoms with Crippen molar-refractivity contribution in [3.05, 3.63) is 0 Å². The number of hydrogen-bond acceptors (Lipinski definition) is 2. The average Bonchev–Trinajstić information content (AvgIpc) is 2.88. The molecule has 0 amide bonds. The van der Waals surface area contributed by atoms with Crippen LogP contribution in [0.3, 0.4) is 0 Å². The van der Waals surface area contributed by atoms with E-state index in [1.807, 2.05) is 0 Å². The summed E-state index contributed by atoms with van der Waals surface area (Å²) in [6.07, 6.45) is 15.7. The zero-order valence-electron chi connectivity index (χ0n) is 11.5. The average molecular weight is 239 g/mol. The van der Waals surface area contributed by atoms with Gasteiger partial charge in [0.05, 0.1) is 6.10 Å². The molecule has 0 aromatic carbocycles. The van der Waals surface area contributed by atoms with E-state index in [1.165, 1.54) is 77.2 Å². The first-order chi connectivity index (χ1) is 8.40. The van der Waals surface area contributed by atoms with Gasteiger partial charge in [-0.3, -0.25) is 4.84 Å². The molecule has 2 aliphatic heterocycles. The molecule has 2 rings (SSSR count). The van der Waals surface area contributed by atoms with Gasteiger partial charge in [-0.2, -0.15) is 5.06 Å². The summed E-state index contributed by atoms with van der Waals surface area (Å²) in [6.45, 7) is 3.46. The van der Waals surface area contributed by atoms with Gasteiger partial charge in [0.2, 0.25) is 0 Å². The van der Waals surface area contributed by atoms with E-state index < -0.39 is 0 Å². The van der Waals surface area contributed by atoms with Crippen LogP contribution < -0.4 is 0 Å². The summed E-state index contributed by atoms with van der Waals surface area (Å²) in [5.74, 6) is 0. The first-order valence-corrected chi connectivity index (χ1v) is 7.83. The first-order valence-electron chi connectivity index (χ1n) is 7.83. The molecule has 0 unspecified atom stereocenters. The minimum atomic E-state index is 0.552. The molecule has 2 saturated heterocycles.